The fourth-order valence-corrected chi connectivity index (χ4v) is 5.69. The number of rotatable bonds is 5. The quantitative estimate of drug-likeness (QED) is 0.339. The van der Waals surface area contributed by atoms with Crippen molar-refractivity contribution in [2.75, 3.05) is 12.0 Å². The van der Waals surface area contributed by atoms with Crippen molar-refractivity contribution in [3.05, 3.63) is 107 Å². The number of methoxy groups -OCH3 is 1. The number of para-hydroxylation sites is 3. The first-order valence-corrected chi connectivity index (χ1v) is 12.2. The first-order valence-electron chi connectivity index (χ1n) is 11.8. The third-order valence-electron chi connectivity index (χ3n) is 6.89. The summed E-state index contributed by atoms with van der Waals surface area (Å²) in [6.07, 6.45) is 1.84. The number of benzene rings is 2. The molecule has 0 bridgehead atoms. The summed E-state index contributed by atoms with van der Waals surface area (Å²) in [6.45, 7) is 8.72. The molecule has 5 rings (SSSR count). The lowest BCUT2D eigenvalue weighted by atomic mass is 9.96. The summed E-state index contributed by atoms with van der Waals surface area (Å²) < 4.78 is 8.11. The summed E-state index contributed by atoms with van der Waals surface area (Å²) in [5.74, 6) is 0.784. The maximum absolute atomic E-state index is 5.93. The van der Waals surface area contributed by atoms with Gasteiger partial charge >= 0.3 is 0 Å². The van der Waals surface area contributed by atoms with Crippen LogP contribution in [0.15, 0.2) is 72.9 Å². The van der Waals surface area contributed by atoms with Crippen molar-refractivity contribution in [2.45, 2.75) is 39.8 Å². The third-order valence-corrected chi connectivity index (χ3v) is 7.21. The molecule has 2 unspecified atom stereocenters. The molecule has 2 aromatic heterocycles. The predicted molar refractivity (Wildman–Crippen MR) is 146 cm³/mol. The number of aryl methyl sites for hydroxylation is 3. The molecule has 0 spiro atoms. The van der Waals surface area contributed by atoms with Crippen LogP contribution in [0.1, 0.15) is 45.9 Å². The minimum atomic E-state index is -0.111. The lowest BCUT2D eigenvalue weighted by Gasteiger charge is -2.29. The second kappa shape index (κ2) is 9.19. The van der Waals surface area contributed by atoms with Crippen LogP contribution < -0.4 is 15.0 Å². The Balaban J connectivity index is 1.73. The van der Waals surface area contributed by atoms with Crippen LogP contribution in [0.4, 0.5) is 5.69 Å². The highest BCUT2D eigenvalue weighted by Gasteiger charge is 2.43. The Morgan fingerprint density at radius 3 is 2.31 bits per heavy atom. The average molecular weight is 483 g/mol. The Hall–Kier alpha value is -3.64. The first kappa shape index (κ1) is 23.1. The fraction of sp³-hybridized carbons (Fsp3) is 0.241. The van der Waals surface area contributed by atoms with Gasteiger partial charge in [-0.15, -0.1) is 0 Å². The van der Waals surface area contributed by atoms with E-state index in [1.165, 1.54) is 33.8 Å². The van der Waals surface area contributed by atoms with Crippen molar-refractivity contribution in [3.63, 3.8) is 0 Å². The van der Waals surface area contributed by atoms with Gasteiger partial charge in [-0.05, 0) is 86.9 Å². The number of hydrogen-bond donors (Lipinski definition) is 1. The van der Waals surface area contributed by atoms with Crippen LogP contribution in [-0.2, 0) is 0 Å². The molecule has 2 atom stereocenters. The number of nitrogens with one attached hydrogen (secondary N) is 1. The van der Waals surface area contributed by atoms with Crippen LogP contribution in [0, 0.1) is 27.7 Å². The van der Waals surface area contributed by atoms with Crippen LogP contribution in [0.3, 0.4) is 0 Å². The van der Waals surface area contributed by atoms with E-state index in [0.29, 0.717) is 5.11 Å². The molecular weight excluding hydrogens is 452 g/mol. The fourth-order valence-electron chi connectivity index (χ4n) is 5.35. The summed E-state index contributed by atoms with van der Waals surface area (Å²) in [4.78, 5) is 6.88. The topological polar surface area (TPSA) is 42.3 Å². The van der Waals surface area contributed by atoms with Crippen molar-refractivity contribution >= 4 is 23.0 Å². The Kier molecular flexibility index (Phi) is 6.07. The van der Waals surface area contributed by atoms with Crippen molar-refractivity contribution in [3.8, 4) is 11.4 Å². The van der Waals surface area contributed by atoms with Gasteiger partial charge < -0.3 is 19.5 Å². The van der Waals surface area contributed by atoms with Gasteiger partial charge in [0.2, 0.25) is 0 Å². The van der Waals surface area contributed by atoms with E-state index in [-0.39, 0.29) is 12.1 Å². The van der Waals surface area contributed by atoms with E-state index in [1.54, 1.807) is 7.11 Å². The molecule has 5 nitrogen and oxygen atoms in total. The summed E-state index contributed by atoms with van der Waals surface area (Å²) in [5.41, 5.74) is 9.22. The zero-order chi connectivity index (χ0) is 24.7. The molecule has 1 fully saturated rings. The zero-order valence-corrected chi connectivity index (χ0v) is 21.6. The van der Waals surface area contributed by atoms with Gasteiger partial charge in [0.05, 0.1) is 36.3 Å². The van der Waals surface area contributed by atoms with Gasteiger partial charge in [-0.1, -0.05) is 36.4 Å². The average Bonchev–Trinajstić information content (AvgIpc) is 3.35. The smallest absolute Gasteiger partial charge is 0.174 e. The first-order chi connectivity index (χ1) is 16.9. The van der Waals surface area contributed by atoms with Crippen molar-refractivity contribution in [1.82, 2.24) is 14.9 Å². The molecule has 4 aromatic rings. The van der Waals surface area contributed by atoms with Crippen LogP contribution in [0.5, 0.6) is 5.75 Å². The summed E-state index contributed by atoms with van der Waals surface area (Å²) in [6, 6.07) is 22.6. The van der Waals surface area contributed by atoms with Gasteiger partial charge in [0.25, 0.3) is 0 Å². The minimum absolute atomic E-state index is 0.0991. The van der Waals surface area contributed by atoms with Gasteiger partial charge in [0, 0.05) is 17.6 Å². The Morgan fingerprint density at radius 1 is 0.914 bits per heavy atom. The highest BCUT2D eigenvalue weighted by Crippen LogP contribution is 2.46. The molecule has 1 aliphatic heterocycles. The Labute approximate surface area is 212 Å². The lowest BCUT2D eigenvalue weighted by molar-refractivity contribution is 0.414. The molecule has 0 aliphatic carbocycles. The summed E-state index contributed by atoms with van der Waals surface area (Å²) in [5, 5.41) is 4.23. The van der Waals surface area contributed by atoms with E-state index >= 15 is 0 Å². The van der Waals surface area contributed by atoms with E-state index < -0.39 is 0 Å². The molecule has 2 aromatic carbocycles. The van der Waals surface area contributed by atoms with E-state index in [9.17, 15) is 0 Å². The van der Waals surface area contributed by atoms with Crippen LogP contribution >= 0.6 is 12.2 Å². The molecule has 0 saturated carbocycles. The van der Waals surface area contributed by atoms with E-state index in [2.05, 4.69) is 78.9 Å². The van der Waals surface area contributed by atoms with Crippen LogP contribution in [0.2, 0.25) is 0 Å². The molecule has 0 amide bonds. The molecule has 178 valence electrons. The Morgan fingerprint density at radius 2 is 1.63 bits per heavy atom. The summed E-state index contributed by atoms with van der Waals surface area (Å²) in [7, 11) is 1.70. The van der Waals surface area contributed by atoms with Crippen LogP contribution in [0.25, 0.3) is 5.69 Å². The standard InChI is InChI=1S/C29H30N4OS/c1-18-11-10-12-19(2)27(18)32-20(3)17-22(21(32)4)28-26(23-13-8-9-16-30-23)31-29(35)33(28)24-14-6-7-15-25(24)34-5/h6-17,26,28H,1-5H3,(H,31,35). The molecular formula is C29H30N4OS. The second-order valence-corrected chi connectivity index (χ2v) is 9.46. The number of thiocarbonyl (C=S) groups is 1. The number of nitrogens with zero attached hydrogens (tertiary/aromatic N) is 3. The number of ether oxygens (including phenoxy) is 1. The van der Waals surface area contributed by atoms with E-state index in [0.717, 1.165) is 17.1 Å². The molecule has 1 aliphatic rings. The second-order valence-electron chi connectivity index (χ2n) is 9.07. The molecule has 6 heteroatoms. The largest absolute Gasteiger partial charge is 0.495 e. The predicted octanol–water partition coefficient (Wildman–Crippen LogP) is 6.29. The van der Waals surface area contributed by atoms with Gasteiger partial charge in [0.1, 0.15) is 5.75 Å². The van der Waals surface area contributed by atoms with Gasteiger partial charge in [0.15, 0.2) is 5.11 Å². The van der Waals surface area contributed by atoms with E-state index in [1.807, 2.05) is 36.5 Å². The monoisotopic (exact) mass is 482 g/mol. The highest BCUT2D eigenvalue weighted by atomic mass is 32.1. The molecule has 3 heterocycles. The molecule has 0 radical (unpaired) electrons. The molecule has 1 N–H and O–H groups in total. The lowest BCUT2D eigenvalue weighted by Crippen LogP contribution is -2.30. The normalized spacial score (nSPS) is 17.5. The van der Waals surface area contributed by atoms with Gasteiger partial charge in [-0.3, -0.25) is 4.98 Å². The van der Waals surface area contributed by atoms with E-state index in [4.69, 9.17) is 21.9 Å². The molecule has 1 saturated heterocycles. The maximum Gasteiger partial charge on any atom is 0.174 e. The summed E-state index contributed by atoms with van der Waals surface area (Å²) >= 11 is 5.93. The SMILES string of the molecule is COc1ccccc1N1C(=S)NC(c2ccccn2)C1c1cc(C)n(-c2c(C)cccc2C)c1C. The highest BCUT2D eigenvalue weighted by molar-refractivity contribution is 7.80. The number of anilines is 1. The van der Waals surface area contributed by atoms with Gasteiger partial charge in [-0.2, -0.15) is 0 Å². The van der Waals surface area contributed by atoms with Crippen molar-refractivity contribution in [1.29, 1.82) is 0 Å². The number of aromatic nitrogens is 2. The molecule has 35 heavy (non-hydrogen) atoms. The number of pyridine rings is 1. The minimum Gasteiger partial charge on any atom is -0.495 e. The number of hydrogen-bond acceptors (Lipinski definition) is 3. The van der Waals surface area contributed by atoms with Crippen molar-refractivity contribution < 1.29 is 4.74 Å². The van der Waals surface area contributed by atoms with Crippen molar-refractivity contribution in [2.24, 2.45) is 0 Å². The third kappa shape index (κ3) is 3.88. The van der Waals surface area contributed by atoms with Crippen LogP contribution in [-0.4, -0.2) is 21.8 Å². The Bertz CT molecular complexity index is 1380. The zero-order valence-electron chi connectivity index (χ0n) is 20.7. The maximum atomic E-state index is 5.93. The van der Waals surface area contributed by atoms with Gasteiger partial charge in [-0.25, -0.2) is 0 Å².